The standard InChI is InChI=1S/C23H31N3O/c1-17-12-14-19(15-13-17)25(2)23(27)21-20-11-7-4-8-16-26(20)22(24-21)18-9-5-3-6-10-18/h3,5-6,9-10,17,19H,4,7-8,11-16H2,1-2H3. The van der Waals surface area contributed by atoms with E-state index in [4.69, 9.17) is 4.98 Å². The predicted octanol–water partition coefficient (Wildman–Crippen LogP) is 4.93. The Morgan fingerprint density at radius 2 is 1.81 bits per heavy atom. The minimum Gasteiger partial charge on any atom is -0.337 e. The lowest BCUT2D eigenvalue weighted by molar-refractivity contribution is 0.0673. The summed E-state index contributed by atoms with van der Waals surface area (Å²) in [6.07, 6.45) is 9.15. The molecule has 27 heavy (non-hydrogen) atoms. The molecule has 144 valence electrons. The Kier molecular flexibility index (Phi) is 5.33. The number of nitrogens with zero attached hydrogens (tertiary/aromatic N) is 3. The zero-order chi connectivity index (χ0) is 18.8. The fourth-order valence-electron chi connectivity index (χ4n) is 4.66. The number of fused-ring (bicyclic) bond motifs is 1. The normalized spacial score (nSPS) is 22.7. The van der Waals surface area contributed by atoms with Gasteiger partial charge >= 0.3 is 0 Å². The fourth-order valence-corrected chi connectivity index (χ4v) is 4.66. The van der Waals surface area contributed by atoms with Crippen LogP contribution in [0.3, 0.4) is 0 Å². The van der Waals surface area contributed by atoms with E-state index in [1.54, 1.807) is 0 Å². The Labute approximate surface area is 162 Å². The van der Waals surface area contributed by atoms with Crippen LogP contribution in [0.15, 0.2) is 30.3 Å². The summed E-state index contributed by atoms with van der Waals surface area (Å²) in [6, 6.07) is 10.7. The van der Waals surface area contributed by atoms with Crippen LogP contribution < -0.4 is 0 Å². The molecule has 1 aromatic carbocycles. The van der Waals surface area contributed by atoms with Crippen molar-refractivity contribution in [2.45, 2.75) is 70.9 Å². The highest BCUT2D eigenvalue weighted by Crippen LogP contribution is 2.30. The van der Waals surface area contributed by atoms with E-state index in [-0.39, 0.29) is 5.91 Å². The molecule has 2 aliphatic rings. The number of hydrogen-bond acceptors (Lipinski definition) is 2. The summed E-state index contributed by atoms with van der Waals surface area (Å²) in [5.74, 6) is 1.86. The molecule has 2 heterocycles. The molecule has 1 aliphatic heterocycles. The van der Waals surface area contributed by atoms with Gasteiger partial charge in [0.05, 0.1) is 5.69 Å². The summed E-state index contributed by atoms with van der Waals surface area (Å²) in [5, 5.41) is 0. The van der Waals surface area contributed by atoms with Crippen LogP contribution in [0.5, 0.6) is 0 Å². The third-order valence-electron chi connectivity index (χ3n) is 6.46. The van der Waals surface area contributed by atoms with Gasteiger partial charge in [-0.25, -0.2) is 4.98 Å². The quantitative estimate of drug-likeness (QED) is 0.774. The Morgan fingerprint density at radius 3 is 2.56 bits per heavy atom. The van der Waals surface area contributed by atoms with Gasteiger partial charge in [-0.15, -0.1) is 0 Å². The van der Waals surface area contributed by atoms with Gasteiger partial charge in [-0.05, 0) is 50.9 Å². The second-order valence-electron chi connectivity index (χ2n) is 8.39. The third-order valence-corrected chi connectivity index (χ3v) is 6.46. The molecular weight excluding hydrogens is 334 g/mol. The van der Waals surface area contributed by atoms with E-state index in [1.807, 2.05) is 30.1 Å². The number of amides is 1. The number of benzene rings is 1. The summed E-state index contributed by atoms with van der Waals surface area (Å²) in [4.78, 5) is 20.3. The largest absolute Gasteiger partial charge is 0.337 e. The van der Waals surface area contributed by atoms with Gasteiger partial charge in [-0.1, -0.05) is 43.7 Å². The lowest BCUT2D eigenvalue weighted by atomic mass is 9.86. The van der Waals surface area contributed by atoms with Crippen molar-refractivity contribution in [3.8, 4) is 11.4 Å². The third kappa shape index (κ3) is 3.67. The number of carbonyl (C=O) groups is 1. The topological polar surface area (TPSA) is 38.1 Å². The average molecular weight is 366 g/mol. The van der Waals surface area contributed by atoms with Crippen molar-refractivity contribution >= 4 is 5.91 Å². The maximum Gasteiger partial charge on any atom is 0.274 e. The molecule has 1 saturated carbocycles. The number of carbonyl (C=O) groups excluding carboxylic acids is 1. The van der Waals surface area contributed by atoms with Gasteiger partial charge in [0.2, 0.25) is 0 Å². The molecule has 0 spiro atoms. The smallest absolute Gasteiger partial charge is 0.274 e. The molecule has 0 bridgehead atoms. The maximum atomic E-state index is 13.4. The molecule has 4 rings (SSSR count). The summed E-state index contributed by atoms with van der Waals surface area (Å²) >= 11 is 0. The zero-order valence-electron chi connectivity index (χ0n) is 16.7. The van der Waals surface area contributed by atoms with Crippen molar-refractivity contribution in [2.75, 3.05) is 7.05 Å². The first-order valence-electron chi connectivity index (χ1n) is 10.6. The van der Waals surface area contributed by atoms with Crippen LogP contribution in [0.2, 0.25) is 0 Å². The van der Waals surface area contributed by atoms with E-state index in [9.17, 15) is 4.79 Å². The molecule has 1 fully saturated rings. The van der Waals surface area contributed by atoms with E-state index >= 15 is 0 Å². The molecule has 2 aromatic rings. The Morgan fingerprint density at radius 1 is 1.07 bits per heavy atom. The molecule has 0 atom stereocenters. The highest BCUT2D eigenvalue weighted by molar-refractivity contribution is 5.94. The molecule has 0 saturated heterocycles. The SMILES string of the molecule is CC1CCC(N(C)C(=O)c2nc(-c3ccccc3)n3c2CCCCC3)CC1. The maximum absolute atomic E-state index is 13.4. The fraction of sp³-hybridized carbons (Fsp3) is 0.565. The van der Waals surface area contributed by atoms with Gasteiger partial charge < -0.3 is 9.47 Å². The molecule has 1 amide bonds. The Balaban J connectivity index is 1.67. The molecular formula is C23H31N3O. The monoisotopic (exact) mass is 365 g/mol. The Hall–Kier alpha value is -2.10. The molecule has 0 unspecified atom stereocenters. The van der Waals surface area contributed by atoms with Crippen LogP contribution in [0, 0.1) is 5.92 Å². The van der Waals surface area contributed by atoms with Crippen molar-refractivity contribution in [3.63, 3.8) is 0 Å². The van der Waals surface area contributed by atoms with Crippen molar-refractivity contribution in [2.24, 2.45) is 5.92 Å². The molecule has 1 aliphatic carbocycles. The Bertz CT molecular complexity index is 787. The van der Waals surface area contributed by atoms with Gasteiger partial charge in [0.25, 0.3) is 5.91 Å². The van der Waals surface area contributed by atoms with Gasteiger partial charge in [-0.3, -0.25) is 4.79 Å². The summed E-state index contributed by atoms with van der Waals surface area (Å²) in [6.45, 7) is 3.28. The minimum atomic E-state index is 0.113. The van der Waals surface area contributed by atoms with Crippen LogP contribution >= 0.6 is 0 Å². The second kappa shape index (κ2) is 7.87. The zero-order valence-corrected chi connectivity index (χ0v) is 16.7. The average Bonchev–Trinajstić information content (AvgIpc) is 2.89. The predicted molar refractivity (Wildman–Crippen MR) is 109 cm³/mol. The molecule has 0 N–H and O–H groups in total. The van der Waals surface area contributed by atoms with Gasteiger partial charge in [0.15, 0.2) is 0 Å². The number of imidazole rings is 1. The van der Waals surface area contributed by atoms with Crippen LogP contribution in [0.25, 0.3) is 11.4 Å². The highest BCUT2D eigenvalue weighted by Gasteiger charge is 2.30. The van der Waals surface area contributed by atoms with E-state index < -0.39 is 0 Å². The van der Waals surface area contributed by atoms with Crippen LogP contribution in [0.1, 0.15) is 68.1 Å². The molecule has 0 radical (unpaired) electrons. The number of aromatic nitrogens is 2. The summed E-state index contributed by atoms with van der Waals surface area (Å²) < 4.78 is 2.31. The first-order chi connectivity index (χ1) is 13.1. The number of rotatable bonds is 3. The van der Waals surface area contributed by atoms with Gasteiger partial charge in [0.1, 0.15) is 11.5 Å². The van der Waals surface area contributed by atoms with Crippen molar-refractivity contribution < 1.29 is 4.79 Å². The van der Waals surface area contributed by atoms with Gasteiger partial charge in [0, 0.05) is 25.2 Å². The van der Waals surface area contributed by atoms with Crippen LogP contribution in [0.4, 0.5) is 0 Å². The van der Waals surface area contributed by atoms with Crippen molar-refractivity contribution in [1.82, 2.24) is 14.5 Å². The van der Waals surface area contributed by atoms with E-state index in [2.05, 4.69) is 23.6 Å². The van der Waals surface area contributed by atoms with E-state index in [1.165, 1.54) is 19.3 Å². The van der Waals surface area contributed by atoms with Crippen LogP contribution in [-0.4, -0.2) is 33.4 Å². The summed E-state index contributed by atoms with van der Waals surface area (Å²) in [5.41, 5.74) is 2.94. The molecule has 1 aromatic heterocycles. The lowest BCUT2D eigenvalue weighted by Gasteiger charge is -2.33. The first-order valence-corrected chi connectivity index (χ1v) is 10.6. The lowest BCUT2D eigenvalue weighted by Crippen LogP contribution is -2.39. The van der Waals surface area contributed by atoms with Crippen LogP contribution in [-0.2, 0) is 13.0 Å². The molecule has 4 heteroatoms. The second-order valence-corrected chi connectivity index (χ2v) is 8.39. The molecule has 4 nitrogen and oxygen atoms in total. The van der Waals surface area contributed by atoms with Gasteiger partial charge in [-0.2, -0.15) is 0 Å². The first kappa shape index (κ1) is 18.3. The minimum absolute atomic E-state index is 0.113. The number of hydrogen-bond donors (Lipinski definition) is 0. The highest BCUT2D eigenvalue weighted by atomic mass is 16.2. The van der Waals surface area contributed by atoms with E-state index in [0.717, 1.165) is 61.6 Å². The van der Waals surface area contributed by atoms with E-state index in [0.29, 0.717) is 11.7 Å². The van der Waals surface area contributed by atoms with Crippen molar-refractivity contribution in [3.05, 3.63) is 41.7 Å². The summed E-state index contributed by atoms with van der Waals surface area (Å²) in [7, 11) is 1.98. The van der Waals surface area contributed by atoms with Crippen molar-refractivity contribution in [1.29, 1.82) is 0 Å².